The third-order valence-electron chi connectivity index (χ3n) is 3.07. The molecule has 1 saturated heterocycles. The lowest BCUT2D eigenvalue weighted by Gasteiger charge is -2.27. The van der Waals surface area contributed by atoms with Crippen LogP contribution in [-0.4, -0.2) is 37.0 Å². The van der Waals surface area contributed by atoms with Gasteiger partial charge in [0.2, 0.25) is 5.91 Å². The minimum Gasteiger partial charge on any atom is -0.340 e. The summed E-state index contributed by atoms with van der Waals surface area (Å²) >= 11 is 0. The molecule has 1 fully saturated rings. The van der Waals surface area contributed by atoms with E-state index < -0.39 is 11.6 Å². The van der Waals surface area contributed by atoms with Crippen molar-refractivity contribution >= 4 is 5.91 Å². The maximum Gasteiger partial charge on any atom is 0.227 e. The van der Waals surface area contributed by atoms with Crippen molar-refractivity contribution in [3.8, 4) is 6.07 Å². The topological polar surface area (TPSA) is 56.1 Å². The Morgan fingerprint density at radius 3 is 2.63 bits per heavy atom. The van der Waals surface area contributed by atoms with Crippen LogP contribution >= 0.6 is 0 Å². The van der Waals surface area contributed by atoms with Crippen LogP contribution in [0.15, 0.2) is 12.1 Å². The second-order valence-electron chi connectivity index (χ2n) is 4.34. The largest absolute Gasteiger partial charge is 0.340 e. The molecule has 0 saturated carbocycles. The fraction of sp³-hybridized carbons (Fsp3) is 0.385. The SMILES string of the molecule is N#Cc1cc(F)c(CC(=O)N2CCNCC2)cc1F. The molecule has 1 aromatic rings. The molecule has 19 heavy (non-hydrogen) atoms. The summed E-state index contributed by atoms with van der Waals surface area (Å²) in [5, 5.41) is 11.7. The van der Waals surface area contributed by atoms with E-state index in [0.29, 0.717) is 26.2 Å². The van der Waals surface area contributed by atoms with E-state index in [-0.39, 0.29) is 23.5 Å². The van der Waals surface area contributed by atoms with Crippen LogP contribution < -0.4 is 5.32 Å². The molecule has 0 aliphatic carbocycles. The van der Waals surface area contributed by atoms with Gasteiger partial charge in [0.1, 0.15) is 17.7 Å². The summed E-state index contributed by atoms with van der Waals surface area (Å²) in [6.07, 6.45) is -0.186. The van der Waals surface area contributed by atoms with E-state index in [1.54, 1.807) is 11.0 Å². The van der Waals surface area contributed by atoms with Crippen LogP contribution in [0.5, 0.6) is 0 Å². The van der Waals surface area contributed by atoms with Gasteiger partial charge in [-0.3, -0.25) is 4.79 Å². The molecule has 0 bridgehead atoms. The molecule has 6 heteroatoms. The molecule has 0 spiro atoms. The highest BCUT2D eigenvalue weighted by atomic mass is 19.1. The van der Waals surface area contributed by atoms with Crippen molar-refractivity contribution in [2.24, 2.45) is 0 Å². The first-order chi connectivity index (χ1) is 9.11. The van der Waals surface area contributed by atoms with Gasteiger partial charge in [-0.15, -0.1) is 0 Å². The number of nitrogens with one attached hydrogen (secondary N) is 1. The Bertz CT molecular complexity index is 533. The summed E-state index contributed by atoms with van der Waals surface area (Å²) in [5.41, 5.74) is -0.365. The molecule has 0 atom stereocenters. The number of amides is 1. The molecule has 1 amide bonds. The van der Waals surface area contributed by atoms with Crippen molar-refractivity contribution in [3.05, 3.63) is 34.9 Å². The number of piperazine rings is 1. The monoisotopic (exact) mass is 265 g/mol. The lowest BCUT2D eigenvalue weighted by Crippen LogP contribution is -2.47. The third-order valence-corrected chi connectivity index (χ3v) is 3.07. The van der Waals surface area contributed by atoms with Crippen molar-refractivity contribution in [3.63, 3.8) is 0 Å². The normalized spacial score (nSPS) is 15.1. The summed E-state index contributed by atoms with van der Waals surface area (Å²) in [4.78, 5) is 13.5. The number of hydrogen-bond acceptors (Lipinski definition) is 3. The number of nitrogens with zero attached hydrogens (tertiary/aromatic N) is 2. The second-order valence-corrected chi connectivity index (χ2v) is 4.34. The van der Waals surface area contributed by atoms with Crippen molar-refractivity contribution in [2.75, 3.05) is 26.2 Å². The Morgan fingerprint density at radius 1 is 1.32 bits per heavy atom. The smallest absolute Gasteiger partial charge is 0.227 e. The van der Waals surface area contributed by atoms with E-state index in [0.717, 1.165) is 12.1 Å². The highest BCUT2D eigenvalue weighted by Crippen LogP contribution is 2.15. The Kier molecular flexibility index (Phi) is 4.07. The quantitative estimate of drug-likeness (QED) is 0.861. The fourth-order valence-corrected chi connectivity index (χ4v) is 2.00. The standard InChI is InChI=1S/C13H13F2N3O/c14-11-6-10(8-16)12(15)5-9(11)7-13(19)18-3-1-17-2-4-18/h5-6,17H,1-4,7H2. The van der Waals surface area contributed by atoms with Gasteiger partial charge in [-0.1, -0.05) is 0 Å². The zero-order valence-electron chi connectivity index (χ0n) is 10.2. The first-order valence-corrected chi connectivity index (χ1v) is 5.98. The van der Waals surface area contributed by atoms with Crippen LogP contribution in [0.4, 0.5) is 8.78 Å². The number of rotatable bonds is 2. The second kappa shape index (κ2) is 5.76. The van der Waals surface area contributed by atoms with E-state index in [4.69, 9.17) is 5.26 Å². The Labute approximate surface area is 109 Å². The number of nitriles is 1. The number of carbonyl (C=O) groups excluding carboxylic acids is 1. The molecule has 1 aromatic carbocycles. The van der Waals surface area contributed by atoms with E-state index in [9.17, 15) is 13.6 Å². The van der Waals surface area contributed by atoms with Crippen LogP contribution in [0.25, 0.3) is 0 Å². The third kappa shape index (κ3) is 3.06. The summed E-state index contributed by atoms with van der Waals surface area (Å²) in [6, 6.07) is 3.32. The van der Waals surface area contributed by atoms with Crippen LogP contribution in [0.1, 0.15) is 11.1 Å². The predicted octanol–water partition coefficient (Wildman–Crippen LogP) is 0.811. The lowest BCUT2D eigenvalue weighted by atomic mass is 10.1. The zero-order valence-corrected chi connectivity index (χ0v) is 10.2. The first kappa shape index (κ1) is 13.4. The van der Waals surface area contributed by atoms with Gasteiger partial charge in [0.25, 0.3) is 0 Å². The zero-order chi connectivity index (χ0) is 13.8. The van der Waals surface area contributed by atoms with Gasteiger partial charge in [-0.05, 0) is 12.1 Å². The van der Waals surface area contributed by atoms with Crippen molar-refractivity contribution in [1.82, 2.24) is 10.2 Å². The molecule has 2 rings (SSSR count). The van der Waals surface area contributed by atoms with Gasteiger partial charge in [0.05, 0.1) is 12.0 Å². The molecular weight excluding hydrogens is 252 g/mol. The van der Waals surface area contributed by atoms with Gasteiger partial charge in [-0.2, -0.15) is 5.26 Å². The van der Waals surface area contributed by atoms with Crippen molar-refractivity contribution in [2.45, 2.75) is 6.42 Å². The average Bonchev–Trinajstić information content (AvgIpc) is 2.43. The maximum absolute atomic E-state index is 13.6. The maximum atomic E-state index is 13.6. The Morgan fingerprint density at radius 2 is 2.00 bits per heavy atom. The van der Waals surface area contributed by atoms with E-state index in [1.807, 2.05) is 0 Å². The van der Waals surface area contributed by atoms with Crippen molar-refractivity contribution in [1.29, 1.82) is 5.26 Å². The van der Waals surface area contributed by atoms with Crippen LogP contribution in [-0.2, 0) is 11.2 Å². The number of benzene rings is 1. The Hall–Kier alpha value is -2.00. The summed E-state index contributed by atoms with van der Waals surface area (Å²) < 4.78 is 27.0. The predicted molar refractivity (Wildman–Crippen MR) is 64.2 cm³/mol. The van der Waals surface area contributed by atoms with Gasteiger partial charge in [0, 0.05) is 31.7 Å². The lowest BCUT2D eigenvalue weighted by molar-refractivity contribution is -0.131. The van der Waals surface area contributed by atoms with E-state index in [2.05, 4.69) is 5.32 Å². The van der Waals surface area contributed by atoms with Crippen LogP contribution in [0, 0.1) is 23.0 Å². The highest BCUT2D eigenvalue weighted by Gasteiger charge is 2.19. The highest BCUT2D eigenvalue weighted by molar-refractivity contribution is 5.79. The Balaban J connectivity index is 2.12. The van der Waals surface area contributed by atoms with Crippen LogP contribution in [0.2, 0.25) is 0 Å². The molecule has 4 nitrogen and oxygen atoms in total. The molecule has 1 N–H and O–H groups in total. The summed E-state index contributed by atoms with van der Waals surface area (Å²) in [5.74, 6) is -1.75. The molecule has 100 valence electrons. The molecule has 0 unspecified atom stereocenters. The molecule has 1 aliphatic heterocycles. The molecular formula is C13H13F2N3O. The average molecular weight is 265 g/mol. The molecule has 0 aromatic heterocycles. The van der Waals surface area contributed by atoms with Crippen molar-refractivity contribution < 1.29 is 13.6 Å². The summed E-state index contributed by atoms with van der Waals surface area (Å²) in [6.45, 7) is 2.55. The van der Waals surface area contributed by atoms with E-state index in [1.165, 1.54) is 0 Å². The van der Waals surface area contributed by atoms with E-state index >= 15 is 0 Å². The van der Waals surface area contributed by atoms with Crippen LogP contribution in [0.3, 0.4) is 0 Å². The number of halogens is 2. The van der Waals surface area contributed by atoms with Gasteiger partial charge < -0.3 is 10.2 Å². The van der Waals surface area contributed by atoms with Gasteiger partial charge in [0.15, 0.2) is 0 Å². The van der Waals surface area contributed by atoms with Gasteiger partial charge in [-0.25, -0.2) is 8.78 Å². The first-order valence-electron chi connectivity index (χ1n) is 5.98. The minimum atomic E-state index is -0.799. The number of carbonyl (C=O) groups is 1. The van der Waals surface area contributed by atoms with Gasteiger partial charge >= 0.3 is 0 Å². The minimum absolute atomic E-state index is 0.0139. The molecule has 1 aliphatic rings. The molecule has 1 heterocycles. The summed E-state index contributed by atoms with van der Waals surface area (Å²) in [7, 11) is 0. The fourth-order valence-electron chi connectivity index (χ4n) is 2.00. The number of hydrogen-bond donors (Lipinski definition) is 1. The molecule has 0 radical (unpaired) electrons.